The molecule has 124 valence electrons. The van der Waals surface area contributed by atoms with E-state index in [0.717, 1.165) is 6.42 Å². The second kappa shape index (κ2) is 6.64. The zero-order valence-corrected chi connectivity index (χ0v) is 13.6. The van der Waals surface area contributed by atoms with Crippen molar-refractivity contribution in [3.63, 3.8) is 0 Å². The fourth-order valence-electron chi connectivity index (χ4n) is 3.04. The summed E-state index contributed by atoms with van der Waals surface area (Å²) in [6.07, 6.45) is 0.762. The van der Waals surface area contributed by atoms with Crippen molar-refractivity contribution in [2.45, 2.75) is 32.8 Å². The minimum Gasteiger partial charge on any atom is -0.362 e. The highest BCUT2D eigenvalue weighted by Crippen LogP contribution is 2.21. The Balaban J connectivity index is 2.03. The van der Waals surface area contributed by atoms with Crippen molar-refractivity contribution < 1.29 is 19.1 Å². The first-order valence-corrected chi connectivity index (χ1v) is 7.78. The van der Waals surface area contributed by atoms with Gasteiger partial charge in [-0.15, -0.1) is 0 Å². The smallest absolute Gasteiger partial charge is 0.256 e. The normalized spacial score (nSPS) is 26.6. The maximum Gasteiger partial charge on any atom is 0.256 e. The van der Waals surface area contributed by atoms with Crippen LogP contribution in [0.5, 0.6) is 0 Å². The third-order valence-electron chi connectivity index (χ3n) is 4.40. The van der Waals surface area contributed by atoms with E-state index in [2.05, 4.69) is 0 Å². The molecule has 7 nitrogen and oxygen atoms in total. The van der Waals surface area contributed by atoms with Gasteiger partial charge in [-0.05, 0) is 13.3 Å². The van der Waals surface area contributed by atoms with Gasteiger partial charge in [-0.25, -0.2) is 0 Å². The van der Waals surface area contributed by atoms with E-state index in [9.17, 15) is 14.4 Å². The number of morpholine rings is 1. The fourth-order valence-corrected chi connectivity index (χ4v) is 3.04. The van der Waals surface area contributed by atoms with Crippen molar-refractivity contribution in [2.75, 3.05) is 45.9 Å². The number of rotatable bonds is 1. The molecule has 0 aromatic carbocycles. The summed E-state index contributed by atoms with van der Waals surface area (Å²) in [5.41, 5.74) is -0.991. The van der Waals surface area contributed by atoms with Crippen molar-refractivity contribution in [3.05, 3.63) is 0 Å². The van der Waals surface area contributed by atoms with Gasteiger partial charge in [0, 0.05) is 46.6 Å². The van der Waals surface area contributed by atoms with E-state index in [-0.39, 0.29) is 24.3 Å². The maximum atomic E-state index is 12.8. The van der Waals surface area contributed by atoms with Gasteiger partial charge in [0.1, 0.15) is 0 Å². The first-order chi connectivity index (χ1) is 10.3. The quantitative estimate of drug-likeness (QED) is 0.667. The molecule has 0 aromatic heterocycles. The van der Waals surface area contributed by atoms with E-state index in [4.69, 9.17) is 4.74 Å². The fraction of sp³-hybridized carbons (Fsp3) is 0.800. The second-order valence-electron chi connectivity index (χ2n) is 6.17. The summed E-state index contributed by atoms with van der Waals surface area (Å²) in [6, 6.07) is 0. The molecule has 2 aliphatic rings. The molecule has 2 saturated heterocycles. The molecule has 0 N–H and O–H groups in total. The summed E-state index contributed by atoms with van der Waals surface area (Å²) < 4.78 is 5.71. The van der Waals surface area contributed by atoms with Gasteiger partial charge in [0.15, 0.2) is 5.60 Å². The monoisotopic (exact) mass is 311 g/mol. The third kappa shape index (κ3) is 3.58. The Kier molecular flexibility index (Phi) is 5.05. The Labute approximate surface area is 131 Å². The Morgan fingerprint density at radius 1 is 0.864 bits per heavy atom. The van der Waals surface area contributed by atoms with Crippen LogP contribution in [0.4, 0.5) is 0 Å². The lowest BCUT2D eigenvalue weighted by Gasteiger charge is -2.41. The van der Waals surface area contributed by atoms with Crippen molar-refractivity contribution in [2.24, 2.45) is 0 Å². The number of hydrogen-bond donors (Lipinski definition) is 0. The minimum atomic E-state index is -0.991. The van der Waals surface area contributed by atoms with Crippen LogP contribution in [-0.4, -0.2) is 83.9 Å². The summed E-state index contributed by atoms with van der Waals surface area (Å²) in [5, 5.41) is 0. The molecule has 0 aromatic rings. The zero-order chi connectivity index (χ0) is 16.3. The molecule has 0 aliphatic carbocycles. The number of carbonyl (C=O) groups is 3. The molecular weight excluding hydrogens is 286 g/mol. The Hall–Kier alpha value is -1.63. The van der Waals surface area contributed by atoms with Gasteiger partial charge in [0.05, 0.1) is 13.2 Å². The lowest BCUT2D eigenvalue weighted by Crippen LogP contribution is -2.60. The van der Waals surface area contributed by atoms with Gasteiger partial charge < -0.3 is 19.4 Å². The molecule has 0 radical (unpaired) electrons. The van der Waals surface area contributed by atoms with Crippen LogP contribution in [0, 0.1) is 0 Å². The average Bonchev–Trinajstić information content (AvgIpc) is 2.72. The van der Waals surface area contributed by atoms with Crippen LogP contribution in [-0.2, 0) is 19.1 Å². The molecule has 2 aliphatic heterocycles. The average molecular weight is 311 g/mol. The first-order valence-electron chi connectivity index (χ1n) is 7.78. The van der Waals surface area contributed by atoms with Crippen LogP contribution in [0.3, 0.4) is 0 Å². The SMILES string of the molecule is CC(=O)N1CCCN(C(=O)C2(C)CN(C(C)=O)CCO2)CC1. The van der Waals surface area contributed by atoms with Crippen molar-refractivity contribution in [3.8, 4) is 0 Å². The van der Waals surface area contributed by atoms with Crippen LogP contribution in [0.25, 0.3) is 0 Å². The molecule has 0 spiro atoms. The van der Waals surface area contributed by atoms with Gasteiger partial charge in [0.25, 0.3) is 5.91 Å². The van der Waals surface area contributed by atoms with E-state index in [1.54, 1.807) is 28.5 Å². The largest absolute Gasteiger partial charge is 0.362 e. The molecule has 1 atom stereocenters. The topological polar surface area (TPSA) is 70.2 Å². The Bertz CT molecular complexity index is 468. The molecule has 2 heterocycles. The predicted octanol–water partition coefficient (Wildman–Crippen LogP) is -0.295. The summed E-state index contributed by atoms with van der Waals surface area (Å²) in [5.74, 6) is -0.0954. The number of nitrogens with zero attached hydrogens (tertiary/aromatic N) is 3. The van der Waals surface area contributed by atoms with E-state index in [1.807, 2.05) is 0 Å². The highest BCUT2D eigenvalue weighted by molar-refractivity contribution is 5.86. The highest BCUT2D eigenvalue weighted by Gasteiger charge is 2.42. The molecular formula is C15H25N3O4. The Morgan fingerprint density at radius 3 is 2.09 bits per heavy atom. The number of ether oxygens (including phenoxy) is 1. The molecule has 22 heavy (non-hydrogen) atoms. The van der Waals surface area contributed by atoms with Crippen LogP contribution >= 0.6 is 0 Å². The minimum absolute atomic E-state index is 0.0391. The highest BCUT2D eigenvalue weighted by atomic mass is 16.5. The summed E-state index contributed by atoms with van der Waals surface area (Å²) in [6.45, 7) is 8.33. The molecule has 2 rings (SSSR count). The van der Waals surface area contributed by atoms with Gasteiger partial charge in [-0.2, -0.15) is 0 Å². The van der Waals surface area contributed by atoms with Crippen molar-refractivity contribution in [1.29, 1.82) is 0 Å². The number of hydrogen-bond acceptors (Lipinski definition) is 4. The van der Waals surface area contributed by atoms with E-state index >= 15 is 0 Å². The van der Waals surface area contributed by atoms with Crippen molar-refractivity contribution in [1.82, 2.24) is 14.7 Å². The molecule has 1 unspecified atom stereocenters. The Morgan fingerprint density at radius 2 is 1.45 bits per heavy atom. The second-order valence-corrected chi connectivity index (χ2v) is 6.17. The molecule has 0 saturated carbocycles. The zero-order valence-electron chi connectivity index (χ0n) is 13.6. The van der Waals surface area contributed by atoms with Gasteiger partial charge in [0.2, 0.25) is 11.8 Å². The lowest BCUT2D eigenvalue weighted by atomic mass is 10.0. The van der Waals surface area contributed by atoms with Crippen molar-refractivity contribution >= 4 is 17.7 Å². The molecule has 3 amide bonds. The van der Waals surface area contributed by atoms with Gasteiger partial charge in [-0.3, -0.25) is 14.4 Å². The molecule has 7 heteroatoms. The van der Waals surface area contributed by atoms with E-state index < -0.39 is 5.60 Å². The third-order valence-corrected chi connectivity index (χ3v) is 4.40. The van der Waals surface area contributed by atoms with Crippen LogP contribution in [0.1, 0.15) is 27.2 Å². The van der Waals surface area contributed by atoms with Crippen LogP contribution < -0.4 is 0 Å². The molecule has 0 bridgehead atoms. The molecule has 2 fully saturated rings. The number of carbonyl (C=O) groups excluding carboxylic acids is 3. The van der Waals surface area contributed by atoms with E-state index in [1.165, 1.54) is 6.92 Å². The summed E-state index contributed by atoms with van der Waals surface area (Å²) >= 11 is 0. The standard InChI is InChI=1S/C15H25N3O4/c1-12(19)16-5-4-6-17(8-7-16)14(21)15(3)11-18(13(2)20)9-10-22-15/h4-11H2,1-3H3. The van der Waals surface area contributed by atoms with Gasteiger partial charge in [-0.1, -0.05) is 0 Å². The summed E-state index contributed by atoms with van der Waals surface area (Å²) in [4.78, 5) is 41.0. The number of amides is 3. The first kappa shape index (κ1) is 16.7. The van der Waals surface area contributed by atoms with Crippen LogP contribution in [0.15, 0.2) is 0 Å². The maximum absolute atomic E-state index is 12.8. The van der Waals surface area contributed by atoms with Crippen LogP contribution in [0.2, 0.25) is 0 Å². The predicted molar refractivity (Wildman–Crippen MR) is 80.1 cm³/mol. The van der Waals surface area contributed by atoms with E-state index in [0.29, 0.717) is 39.3 Å². The summed E-state index contributed by atoms with van der Waals surface area (Å²) in [7, 11) is 0. The van der Waals surface area contributed by atoms with Gasteiger partial charge >= 0.3 is 0 Å². The lowest BCUT2D eigenvalue weighted by molar-refractivity contribution is -0.170.